The first kappa shape index (κ1) is 13.8. The maximum Gasteiger partial charge on any atom is 0.271 e. The first-order chi connectivity index (χ1) is 9.20. The Morgan fingerprint density at radius 2 is 2.16 bits per heavy atom. The average molecular weight is 262 g/mol. The lowest BCUT2D eigenvalue weighted by atomic mass is 9.83. The molecular formula is C14H22N4O. The highest BCUT2D eigenvalue weighted by Crippen LogP contribution is 2.27. The maximum atomic E-state index is 12.1. The Labute approximate surface area is 114 Å². The Kier molecular flexibility index (Phi) is 4.71. The summed E-state index contributed by atoms with van der Waals surface area (Å²) in [5.41, 5.74) is 5.85. The maximum absolute atomic E-state index is 12.1. The van der Waals surface area contributed by atoms with Crippen molar-refractivity contribution in [2.75, 3.05) is 5.73 Å². The highest BCUT2D eigenvalue weighted by molar-refractivity contribution is 5.92. The van der Waals surface area contributed by atoms with Gasteiger partial charge in [-0.15, -0.1) is 0 Å². The summed E-state index contributed by atoms with van der Waals surface area (Å²) < 4.78 is 0. The molecule has 5 nitrogen and oxygen atoms in total. The Hall–Kier alpha value is -1.65. The van der Waals surface area contributed by atoms with Gasteiger partial charge >= 0.3 is 0 Å². The summed E-state index contributed by atoms with van der Waals surface area (Å²) in [6.07, 6.45) is 10.1. The summed E-state index contributed by atoms with van der Waals surface area (Å²) in [4.78, 5) is 20.1. The summed E-state index contributed by atoms with van der Waals surface area (Å²) in [7, 11) is 0. The smallest absolute Gasteiger partial charge is 0.271 e. The zero-order valence-corrected chi connectivity index (χ0v) is 11.4. The van der Waals surface area contributed by atoms with Crippen molar-refractivity contribution in [2.24, 2.45) is 5.92 Å². The second-order valence-electron chi connectivity index (χ2n) is 5.22. The molecule has 1 fully saturated rings. The van der Waals surface area contributed by atoms with E-state index in [4.69, 9.17) is 5.73 Å². The summed E-state index contributed by atoms with van der Waals surface area (Å²) in [5, 5.41) is 3.08. The first-order valence-corrected chi connectivity index (χ1v) is 7.09. The zero-order valence-electron chi connectivity index (χ0n) is 11.4. The lowest BCUT2D eigenvalue weighted by Gasteiger charge is -2.30. The predicted octanol–water partition coefficient (Wildman–Crippen LogP) is 2.15. The molecule has 0 radical (unpaired) electrons. The van der Waals surface area contributed by atoms with Crippen LogP contribution >= 0.6 is 0 Å². The average Bonchev–Trinajstić information content (AvgIpc) is 2.45. The summed E-state index contributed by atoms with van der Waals surface area (Å²) in [6, 6.07) is 0.232. The number of amides is 1. The van der Waals surface area contributed by atoms with Crippen LogP contribution in [0.1, 0.15) is 55.9 Å². The van der Waals surface area contributed by atoms with Crippen molar-refractivity contribution in [3.05, 3.63) is 18.1 Å². The molecule has 0 aromatic carbocycles. The molecule has 19 heavy (non-hydrogen) atoms. The molecule has 1 aliphatic carbocycles. The molecular weight excluding hydrogens is 240 g/mol. The molecule has 1 aliphatic rings. The minimum atomic E-state index is -0.169. The van der Waals surface area contributed by atoms with Crippen LogP contribution in [-0.2, 0) is 0 Å². The van der Waals surface area contributed by atoms with Crippen LogP contribution in [0.4, 0.5) is 5.82 Å². The van der Waals surface area contributed by atoms with E-state index in [0.717, 1.165) is 6.42 Å². The van der Waals surface area contributed by atoms with Crippen LogP contribution in [0.3, 0.4) is 0 Å². The van der Waals surface area contributed by atoms with Gasteiger partial charge in [0.05, 0.1) is 12.4 Å². The second-order valence-corrected chi connectivity index (χ2v) is 5.22. The van der Waals surface area contributed by atoms with Crippen molar-refractivity contribution >= 4 is 11.7 Å². The third kappa shape index (κ3) is 3.66. The van der Waals surface area contributed by atoms with E-state index >= 15 is 0 Å². The van der Waals surface area contributed by atoms with E-state index in [-0.39, 0.29) is 17.8 Å². The zero-order chi connectivity index (χ0) is 13.7. The predicted molar refractivity (Wildman–Crippen MR) is 74.6 cm³/mol. The summed E-state index contributed by atoms with van der Waals surface area (Å²) in [5.74, 6) is 0.701. The molecule has 0 spiro atoms. The van der Waals surface area contributed by atoms with Gasteiger partial charge in [0.1, 0.15) is 11.5 Å². The summed E-state index contributed by atoms with van der Waals surface area (Å²) in [6.45, 7) is 2.12. The van der Waals surface area contributed by atoms with Crippen molar-refractivity contribution in [3.8, 4) is 0 Å². The summed E-state index contributed by atoms with van der Waals surface area (Å²) >= 11 is 0. The lowest BCUT2D eigenvalue weighted by molar-refractivity contribution is 0.0906. The molecule has 104 valence electrons. The van der Waals surface area contributed by atoms with Gasteiger partial charge in [0.25, 0.3) is 5.91 Å². The monoisotopic (exact) mass is 262 g/mol. The molecule has 0 saturated heterocycles. The molecule has 1 aromatic rings. The van der Waals surface area contributed by atoms with Crippen LogP contribution in [-0.4, -0.2) is 21.9 Å². The normalized spacial score (nSPS) is 17.9. The van der Waals surface area contributed by atoms with Crippen LogP contribution in [0.15, 0.2) is 12.4 Å². The Bertz CT molecular complexity index is 429. The molecule has 1 atom stereocenters. The van der Waals surface area contributed by atoms with Gasteiger partial charge in [-0.2, -0.15) is 0 Å². The number of anilines is 1. The molecule has 3 N–H and O–H groups in total. The second kappa shape index (κ2) is 6.50. The largest absolute Gasteiger partial charge is 0.382 e. The van der Waals surface area contributed by atoms with Gasteiger partial charge in [-0.3, -0.25) is 9.78 Å². The fourth-order valence-corrected chi connectivity index (χ4v) is 2.82. The van der Waals surface area contributed by atoms with Gasteiger partial charge in [0, 0.05) is 6.04 Å². The number of rotatable bonds is 4. The molecule has 1 saturated carbocycles. The van der Waals surface area contributed by atoms with E-state index in [2.05, 4.69) is 22.2 Å². The van der Waals surface area contributed by atoms with Crippen molar-refractivity contribution in [2.45, 2.75) is 51.5 Å². The van der Waals surface area contributed by atoms with E-state index in [9.17, 15) is 4.79 Å². The third-order valence-electron chi connectivity index (χ3n) is 3.86. The molecule has 0 aliphatic heterocycles. The minimum Gasteiger partial charge on any atom is -0.382 e. The van der Waals surface area contributed by atoms with E-state index in [0.29, 0.717) is 11.6 Å². The number of hydrogen-bond acceptors (Lipinski definition) is 4. The SMILES string of the molecule is CCC(NC(=O)c1cncc(N)n1)C1CCCCC1. The Morgan fingerprint density at radius 1 is 1.42 bits per heavy atom. The van der Waals surface area contributed by atoms with Crippen LogP contribution < -0.4 is 11.1 Å². The van der Waals surface area contributed by atoms with E-state index < -0.39 is 0 Å². The fraction of sp³-hybridized carbons (Fsp3) is 0.643. The van der Waals surface area contributed by atoms with Crippen LogP contribution in [0.5, 0.6) is 0 Å². The number of hydrogen-bond donors (Lipinski definition) is 2. The topological polar surface area (TPSA) is 80.9 Å². The molecule has 1 aromatic heterocycles. The van der Waals surface area contributed by atoms with Crippen molar-refractivity contribution in [3.63, 3.8) is 0 Å². The van der Waals surface area contributed by atoms with Gasteiger partial charge in [-0.25, -0.2) is 4.98 Å². The molecule has 2 rings (SSSR count). The number of carbonyl (C=O) groups is 1. The Balaban J connectivity index is 1.99. The third-order valence-corrected chi connectivity index (χ3v) is 3.86. The quantitative estimate of drug-likeness (QED) is 0.871. The number of aromatic nitrogens is 2. The molecule has 1 amide bonds. The molecule has 5 heteroatoms. The van der Waals surface area contributed by atoms with Crippen LogP contribution in [0.25, 0.3) is 0 Å². The number of nitrogens with zero attached hydrogens (tertiary/aromatic N) is 2. The molecule has 1 unspecified atom stereocenters. The highest BCUT2D eigenvalue weighted by Gasteiger charge is 2.24. The molecule has 0 bridgehead atoms. The number of nitrogen functional groups attached to an aromatic ring is 1. The number of nitrogens with one attached hydrogen (secondary N) is 1. The lowest BCUT2D eigenvalue weighted by Crippen LogP contribution is -2.41. The first-order valence-electron chi connectivity index (χ1n) is 7.09. The number of nitrogens with two attached hydrogens (primary N) is 1. The van der Waals surface area contributed by atoms with Crippen molar-refractivity contribution < 1.29 is 4.79 Å². The van der Waals surface area contributed by atoms with Gasteiger partial charge < -0.3 is 11.1 Å². The highest BCUT2D eigenvalue weighted by atomic mass is 16.1. The van der Waals surface area contributed by atoms with Crippen LogP contribution in [0.2, 0.25) is 0 Å². The minimum absolute atomic E-state index is 0.169. The van der Waals surface area contributed by atoms with E-state index in [1.54, 1.807) is 0 Å². The Morgan fingerprint density at radius 3 is 2.79 bits per heavy atom. The fourth-order valence-electron chi connectivity index (χ4n) is 2.82. The standard InChI is InChI=1S/C14H22N4O/c1-2-11(10-6-4-3-5-7-10)18-14(19)12-8-16-9-13(15)17-12/h8-11H,2-7H2,1H3,(H2,15,17)(H,18,19). The van der Waals surface area contributed by atoms with Crippen molar-refractivity contribution in [1.82, 2.24) is 15.3 Å². The van der Waals surface area contributed by atoms with Gasteiger partial charge in [-0.05, 0) is 25.2 Å². The van der Waals surface area contributed by atoms with Gasteiger partial charge in [-0.1, -0.05) is 26.2 Å². The van der Waals surface area contributed by atoms with Gasteiger partial charge in [0.15, 0.2) is 0 Å². The molecule has 1 heterocycles. The van der Waals surface area contributed by atoms with Crippen LogP contribution in [0, 0.1) is 5.92 Å². The number of carbonyl (C=O) groups excluding carboxylic acids is 1. The van der Waals surface area contributed by atoms with Crippen molar-refractivity contribution in [1.29, 1.82) is 0 Å². The van der Waals surface area contributed by atoms with E-state index in [1.807, 2.05) is 0 Å². The van der Waals surface area contributed by atoms with E-state index in [1.165, 1.54) is 44.5 Å². The van der Waals surface area contributed by atoms with Gasteiger partial charge in [0.2, 0.25) is 0 Å².